The maximum atomic E-state index is 13.0. The molecular weight excluding hydrogens is 251 g/mol. The van der Waals surface area contributed by atoms with Crippen molar-refractivity contribution in [1.29, 1.82) is 0 Å². The molecule has 0 saturated carbocycles. The van der Waals surface area contributed by atoms with E-state index in [9.17, 15) is 9.18 Å². The molecule has 0 aliphatic carbocycles. The van der Waals surface area contributed by atoms with Crippen LogP contribution in [-0.4, -0.2) is 22.6 Å². The van der Waals surface area contributed by atoms with E-state index in [4.69, 9.17) is 10.9 Å². The maximum absolute atomic E-state index is 13.0. The largest absolute Gasteiger partial charge is 0.409 e. The van der Waals surface area contributed by atoms with Crippen molar-refractivity contribution in [3.63, 3.8) is 0 Å². The molecule has 7 heteroatoms. The van der Waals surface area contributed by atoms with Gasteiger partial charge in [-0.05, 0) is 31.5 Å². The summed E-state index contributed by atoms with van der Waals surface area (Å²) in [5.74, 6) is -0.558. The van der Waals surface area contributed by atoms with Crippen LogP contribution in [0.5, 0.6) is 0 Å². The third kappa shape index (κ3) is 3.84. The molecule has 1 aromatic rings. The van der Waals surface area contributed by atoms with Crippen LogP contribution in [0.1, 0.15) is 20.3 Å². The van der Waals surface area contributed by atoms with Gasteiger partial charge >= 0.3 is 6.03 Å². The van der Waals surface area contributed by atoms with Crippen LogP contribution in [0.25, 0.3) is 0 Å². The zero-order chi connectivity index (χ0) is 14.5. The first-order chi connectivity index (χ1) is 8.91. The molecule has 0 aliphatic heterocycles. The number of hydrogen-bond acceptors (Lipinski definition) is 3. The van der Waals surface area contributed by atoms with Crippen molar-refractivity contribution in [3.05, 3.63) is 30.1 Å². The number of nitrogens with two attached hydrogens (primary N) is 1. The lowest BCUT2D eigenvalue weighted by Crippen LogP contribution is -2.56. The molecule has 2 amide bonds. The number of halogens is 1. The van der Waals surface area contributed by atoms with Gasteiger partial charge in [-0.1, -0.05) is 18.1 Å². The van der Waals surface area contributed by atoms with Gasteiger partial charge < -0.3 is 21.6 Å². The summed E-state index contributed by atoms with van der Waals surface area (Å²) < 4.78 is 13.0. The van der Waals surface area contributed by atoms with E-state index in [0.717, 1.165) is 0 Å². The van der Waals surface area contributed by atoms with Crippen molar-refractivity contribution in [1.82, 2.24) is 5.32 Å². The lowest BCUT2D eigenvalue weighted by molar-refractivity contribution is 0.244. The Hall–Kier alpha value is -2.31. The number of anilines is 1. The van der Waals surface area contributed by atoms with E-state index >= 15 is 0 Å². The molecule has 1 atom stereocenters. The number of nitrogens with zero attached hydrogens (tertiary/aromatic N) is 1. The normalized spacial score (nSPS) is 14.6. The van der Waals surface area contributed by atoms with Crippen molar-refractivity contribution >= 4 is 17.6 Å². The molecule has 0 radical (unpaired) electrons. The van der Waals surface area contributed by atoms with Gasteiger partial charge in [0.25, 0.3) is 0 Å². The number of amides is 2. The zero-order valence-electron chi connectivity index (χ0n) is 10.8. The second-order valence-electron chi connectivity index (χ2n) is 4.26. The van der Waals surface area contributed by atoms with Crippen LogP contribution in [0.3, 0.4) is 0 Å². The molecule has 1 rings (SSSR count). The van der Waals surface area contributed by atoms with Crippen molar-refractivity contribution in [2.45, 2.75) is 25.8 Å². The zero-order valence-corrected chi connectivity index (χ0v) is 10.8. The van der Waals surface area contributed by atoms with Crippen LogP contribution in [-0.2, 0) is 0 Å². The predicted octanol–water partition coefficient (Wildman–Crippen LogP) is 1.86. The number of amidine groups is 1. The molecule has 1 aromatic carbocycles. The molecule has 0 aliphatic rings. The minimum atomic E-state index is -0.980. The van der Waals surface area contributed by atoms with E-state index in [1.807, 2.05) is 0 Å². The Bertz CT molecular complexity index is 492. The van der Waals surface area contributed by atoms with Crippen molar-refractivity contribution in [2.24, 2.45) is 10.9 Å². The average Bonchev–Trinajstić information content (AvgIpc) is 2.37. The molecule has 0 saturated heterocycles. The molecule has 1 unspecified atom stereocenters. The highest BCUT2D eigenvalue weighted by atomic mass is 19.1. The van der Waals surface area contributed by atoms with Gasteiger partial charge in [-0.15, -0.1) is 0 Å². The summed E-state index contributed by atoms with van der Waals surface area (Å²) >= 11 is 0. The fourth-order valence-corrected chi connectivity index (χ4v) is 1.42. The fraction of sp³-hybridized carbons (Fsp3) is 0.333. The Balaban J connectivity index is 2.74. The summed E-state index contributed by atoms with van der Waals surface area (Å²) in [5, 5.41) is 16.6. The van der Waals surface area contributed by atoms with Gasteiger partial charge in [0.2, 0.25) is 0 Å². The van der Waals surface area contributed by atoms with Gasteiger partial charge in [0, 0.05) is 5.69 Å². The predicted molar refractivity (Wildman–Crippen MR) is 70.7 cm³/mol. The Kier molecular flexibility index (Phi) is 4.68. The summed E-state index contributed by atoms with van der Waals surface area (Å²) in [6, 6.07) is 4.92. The van der Waals surface area contributed by atoms with Crippen molar-refractivity contribution in [3.8, 4) is 0 Å². The monoisotopic (exact) mass is 268 g/mol. The summed E-state index contributed by atoms with van der Waals surface area (Å²) in [6.45, 7) is 3.40. The van der Waals surface area contributed by atoms with Crippen molar-refractivity contribution < 1.29 is 14.4 Å². The van der Waals surface area contributed by atoms with Gasteiger partial charge in [0.05, 0.1) is 5.54 Å². The first-order valence-corrected chi connectivity index (χ1v) is 5.74. The SMILES string of the molecule is CCC(C)(NC(=O)Nc1cccc(F)c1)/C(N)=N/O. The van der Waals surface area contributed by atoms with Crippen molar-refractivity contribution in [2.75, 3.05) is 5.32 Å². The number of carbonyl (C=O) groups is 1. The highest BCUT2D eigenvalue weighted by molar-refractivity contribution is 5.97. The first kappa shape index (κ1) is 14.7. The third-order valence-corrected chi connectivity index (χ3v) is 2.85. The number of oxime groups is 1. The number of hydrogen-bond donors (Lipinski definition) is 4. The summed E-state index contributed by atoms with van der Waals surface area (Å²) in [7, 11) is 0. The first-order valence-electron chi connectivity index (χ1n) is 5.74. The highest BCUT2D eigenvalue weighted by Crippen LogP contribution is 2.12. The molecule has 5 N–H and O–H groups in total. The molecule has 0 fully saturated rings. The van der Waals surface area contributed by atoms with Crippen LogP contribution >= 0.6 is 0 Å². The molecule has 6 nitrogen and oxygen atoms in total. The van der Waals surface area contributed by atoms with Crippen LogP contribution in [0.4, 0.5) is 14.9 Å². The van der Waals surface area contributed by atoms with Crippen LogP contribution < -0.4 is 16.4 Å². The van der Waals surface area contributed by atoms with Crippen LogP contribution in [0, 0.1) is 5.82 Å². The Morgan fingerprint density at radius 3 is 2.79 bits per heavy atom. The van der Waals surface area contributed by atoms with E-state index in [2.05, 4.69) is 15.8 Å². The van der Waals surface area contributed by atoms with E-state index in [0.29, 0.717) is 12.1 Å². The summed E-state index contributed by atoms with van der Waals surface area (Å²) in [6.07, 6.45) is 0.430. The Morgan fingerprint density at radius 2 is 2.26 bits per heavy atom. The molecule has 0 bridgehead atoms. The number of carbonyl (C=O) groups excluding carboxylic acids is 1. The molecule has 0 spiro atoms. The lowest BCUT2D eigenvalue weighted by Gasteiger charge is -2.27. The third-order valence-electron chi connectivity index (χ3n) is 2.85. The molecular formula is C12H17FN4O2. The standard InChI is InChI=1S/C12H17FN4O2/c1-3-12(2,10(14)17-19)16-11(18)15-9-6-4-5-8(13)7-9/h4-7,19H,3H2,1-2H3,(H2,14,17)(H2,15,16,18). The number of nitrogens with one attached hydrogen (secondary N) is 2. The second kappa shape index (κ2) is 6.03. The Labute approximate surface area is 110 Å². The second-order valence-corrected chi connectivity index (χ2v) is 4.26. The van der Waals surface area contributed by atoms with Crippen LogP contribution in [0.15, 0.2) is 29.4 Å². The summed E-state index contributed by atoms with van der Waals surface area (Å²) in [4.78, 5) is 11.8. The smallest absolute Gasteiger partial charge is 0.320 e. The molecule has 0 aromatic heterocycles. The fourth-order valence-electron chi connectivity index (χ4n) is 1.42. The highest BCUT2D eigenvalue weighted by Gasteiger charge is 2.29. The molecule has 0 heterocycles. The van der Waals surface area contributed by atoms with Gasteiger partial charge in [0.15, 0.2) is 5.84 Å². The van der Waals surface area contributed by atoms with Gasteiger partial charge in [0.1, 0.15) is 5.82 Å². The minimum absolute atomic E-state index is 0.107. The average molecular weight is 268 g/mol. The summed E-state index contributed by atoms with van der Waals surface area (Å²) in [5.41, 5.74) is 4.86. The van der Waals surface area contributed by atoms with E-state index in [1.54, 1.807) is 19.9 Å². The van der Waals surface area contributed by atoms with E-state index in [1.165, 1.54) is 18.2 Å². The molecule has 104 valence electrons. The van der Waals surface area contributed by atoms with Gasteiger partial charge in [-0.2, -0.15) is 0 Å². The van der Waals surface area contributed by atoms with E-state index in [-0.39, 0.29) is 5.84 Å². The maximum Gasteiger partial charge on any atom is 0.320 e. The van der Waals surface area contributed by atoms with Gasteiger partial charge in [-0.3, -0.25) is 0 Å². The van der Waals surface area contributed by atoms with Crippen LogP contribution in [0.2, 0.25) is 0 Å². The quantitative estimate of drug-likeness (QED) is 0.290. The number of urea groups is 1. The topological polar surface area (TPSA) is 99.7 Å². The lowest BCUT2D eigenvalue weighted by atomic mass is 9.98. The minimum Gasteiger partial charge on any atom is -0.409 e. The van der Waals surface area contributed by atoms with E-state index < -0.39 is 17.4 Å². The number of rotatable bonds is 4. The Morgan fingerprint density at radius 1 is 1.58 bits per heavy atom. The number of benzene rings is 1. The molecule has 19 heavy (non-hydrogen) atoms. The van der Waals surface area contributed by atoms with Gasteiger partial charge in [-0.25, -0.2) is 9.18 Å².